The molecule has 0 bridgehead atoms. The molecule has 0 aliphatic heterocycles. The molecule has 0 spiro atoms. The molecule has 2 aromatic heterocycles. The number of rotatable bonds is 4. The summed E-state index contributed by atoms with van der Waals surface area (Å²) in [6.45, 7) is 0. The Morgan fingerprint density at radius 1 is 0.340 bits per heavy atom. The van der Waals surface area contributed by atoms with Crippen LogP contribution in [-0.2, 0) is 0 Å². The van der Waals surface area contributed by atoms with Crippen molar-refractivity contribution in [2.45, 2.75) is 0 Å². The molecule has 4 nitrogen and oxygen atoms in total. The maximum absolute atomic E-state index is 5.21. The number of benzene rings is 9. The van der Waals surface area contributed by atoms with Crippen LogP contribution < -0.4 is 0 Å². The maximum Gasteiger partial charge on any atom is 0.164 e. The monoisotopic (exact) mass is 674 g/mol. The molecule has 246 valence electrons. The molecule has 9 aromatic carbocycles. The van der Waals surface area contributed by atoms with Crippen LogP contribution in [-0.4, -0.2) is 19.5 Å². The van der Waals surface area contributed by atoms with Gasteiger partial charge in [0, 0.05) is 43.9 Å². The van der Waals surface area contributed by atoms with Crippen LogP contribution in [0.15, 0.2) is 182 Å². The minimum Gasteiger partial charge on any atom is -0.309 e. The van der Waals surface area contributed by atoms with Gasteiger partial charge in [0.2, 0.25) is 0 Å². The summed E-state index contributed by atoms with van der Waals surface area (Å²) in [5, 5.41) is 12.0. The van der Waals surface area contributed by atoms with Crippen LogP contribution in [0.25, 0.3) is 105 Å². The lowest BCUT2D eigenvalue weighted by atomic mass is 9.89. The van der Waals surface area contributed by atoms with Gasteiger partial charge in [-0.25, -0.2) is 15.0 Å². The highest BCUT2D eigenvalue weighted by atomic mass is 15.0. The Hall–Kier alpha value is -7.17. The van der Waals surface area contributed by atoms with E-state index < -0.39 is 0 Å². The van der Waals surface area contributed by atoms with Gasteiger partial charge in [0.15, 0.2) is 17.5 Å². The van der Waals surface area contributed by atoms with E-state index in [4.69, 9.17) is 15.0 Å². The van der Waals surface area contributed by atoms with Gasteiger partial charge in [-0.15, -0.1) is 0 Å². The third-order valence-electron chi connectivity index (χ3n) is 10.6. The fourth-order valence-electron chi connectivity index (χ4n) is 8.30. The van der Waals surface area contributed by atoms with Crippen molar-refractivity contribution in [3.8, 4) is 39.9 Å². The van der Waals surface area contributed by atoms with Gasteiger partial charge < -0.3 is 4.57 Å². The maximum atomic E-state index is 5.21. The van der Waals surface area contributed by atoms with E-state index in [0.29, 0.717) is 17.5 Å². The molecule has 0 saturated heterocycles. The van der Waals surface area contributed by atoms with Crippen LogP contribution in [0.1, 0.15) is 0 Å². The van der Waals surface area contributed by atoms with Crippen molar-refractivity contribution in [3.05, 3.63) is 182 Å². The topological polar surface area (TPSA) is 43.6 Å². The molecule has 11 rings (SSSR count). The van der Waals surface area contributed by atoms with Gasteiger partial charge in [0.1, 0.15) is 0 Å². The molecule has 0 radical (unpaired) electrons. The fourth-order valence-corrected chi connectivity index (χ4v) is 8.30. The summed E-state index contributed by atoms with van der Waals surface area (Å²) in [6.07, 6.45) is 0. The van der Waals surface area contributed by atoms with Gasteiger partial charge >= 0.3 is 0 Å². The van der Waals surface area contributed by atoms with E-state index in [0.717, 1.165) is 27.8 Å². The highest BCUT2D eigenvalue weighted by molar-refractivity contribution is 6.40. The first-order valence-corrected chi connectivity index (χ1v) is 18.0. The van der Waals surface area contributed by atoms with E-state index in [1.54, 1.807) is 0 Å². The standard InChI is InChI=1S/C49H30N4/c1-4-17-32(18-5-1)47-50-48(33-19-6-2-7-20-33)52-49(51-47)41-30-40-37-25-13-15-27-39(37)46-45(43(40)38-26-14-12-24-36(38)41)44-35-23-11-10-16-31(35)28-29-42(44)53(46)34-21-8-3-9-22-34/h1-30H. The smallest absolute Gasteiger partial charge is 0.164 e. The van der Waals surface area contributed by atoms with Crippen molar-refractivity contribution >= 4 is 64.9 Å². The number of hydrogen-bond acceptors (Lipinski definition) is 3. The van der Waals surface area contributed by atoms with Gasteiger partial charge in [-0.1, -0.05) is 158 Å². The fraction of sp³-hybridized carbons (Fsp3) is 0. The molecule has 4 heteroatoms. The number of aromatic nitrogens is 4. The summed E-state index contributed by atoms with van der Waals surface area (Å²) in [5.41, 5.74) is 6.42. The van der Waals surface area contributed by atoms with Gasteiger partial charge in [-0.3, -0.25) is 0 Å². The molecule has 0 fully saturated rings. The summed E-state index contributed by atoms with van der Waals surface area (Å²) < 4.78 is 2.46. The molecule has 0 aliphatic rings. The molecular formula is C49H30N4. The lowest BCUT2D eigenvalue weighted by Gasteiger charge is -2.16. The minimum atomic E-state index is 0.649. The predicted molar refractivity (Wildman–Crippen MR) is 220 cm³/mol. The number of para-hydroxylation sites is 1. The van der Waals surface area contributed by atoms with Gasteiger partial charge in [-0.2, -0.15) is 0 Å². The third-order valence-corrected chi connectivity index (χ3v) is 10.6. The summed E-state index contributed by atoms with van der Waals surface area (Å²) >= 11 is 0. The van der Waals surface area contributed by atoms with Gasteiger partial charge in [-0.05, 0) is 56.6 Å². The molecule has 53 heavy (non-hydrogen) atoms. The van der Waals surface area contributed by atoms with Crippen LogP contribution in [0.5, 0.6) is 0 Å². The Labute approximate surface area is 305 Å². The molecule has 0 N–H and O–H groups in total. The zero-order valence-electron chi connectivity index (χ0n) is 28.6. The van der Waals surface area contributed by atoms with Crippen LogP contribution in [0, 0.1) is 0 Å². The Bertz CT molecular complexity index is 3150. The van der Waals surface area contributed by atoms with Crippen molar-refractivity contribution in [1.82, 2.24) is 19.5 Å². The van der Waals surface area contributed by atoms with Crippen LogP contribution in [0.3, 0.4) is 0 Å². The zero-order chi connectivity index (χ0) is 34.9. The summed E-state index contributed by atoms with van der Waals surface area (Å²) in [7, 11) is 0. The summed E-state index contributed by atoms with van der Waals surface area (Å²) in [5.74, 6) is 1.95. The van der Waals surface area contributed by atoms with E-state index >= 15 is 0 Å². The highest BCUT2D eigenvalue weighted by Crippen LogP contribution is 2.48. The molecule has 0 unspecified atom stereocenters. The van der Waals surface area contributed by atoms with E-state index in [9.17, 15) is 0 Å². The highest BCUT2D eigenvalue weighted by Gasteiger charge is 2.24. The predicted octanol–water partition coefficient (Wildman–Crippen LogP) is 12.6. The van der Waals surface area contributed by atoms with Crippen molar-refractivity contribution < 1.29 is 0 Å². The molecular weight excluding hydrogens is 645 g/mol. The van der Waals surface area contributed by atoms with Crippen molar-refractivity contribution in [2.75, 3.05) is 0 Å². The largest absolute Gasteiger partial charge is 0.309 e. The first kappa shape index (κ1) is 29.5. The first-order valence-electron chi connectivity index (χ1n) is 18.0. The number of hydrogen-bond donors (Lipinski definition) is 0. The summed E-state index contributed by atoms with van der Waals surface area (Å²) in [6, 6.07) is 64.4. The Morgan fingerprint density at radius 3 is 1.55 bits per heavy atom. The van der Waals surface area contributed by atoms with Crippen molar-refractivity contribution in [2.24, 2.45) is 0 Å². The van der Waals surface area contributed by atoms with Gasteiger partial charge in [0.05, 0.1) is 11.0 Å². The Kier molecular flexibility index (Phi) is 6.52. The molecule has 0 aliphatic carbocycles. The van der Waals surface area contributed by atoms with E-state index in [1.807, 2.05) is 36.4 Å². The third kappa shape index (κ3) is 4.52. The molecule has 2 heterocycles. The second-order valence-corrected chi connectivity index (χ2v) is 13.6. The normalized spacial score (nSPS) is 11.8. The van der Waals surface area contributed by atoms with Crippen molar-refractivity contribution in [1.29, 1.82) is 0 Å². The molecule has 0 amide bonds. The quantitative estimate of drug-likeness (QED) is 0.175. The average molecular weight is 675 g/mol. The van der Waals surface area contributed by atoms with E-state index in [1.165, 1.54) is 59.5 Å². The van der Waals surface area contributed by atoms with Crippen LogP contribution >= 0.6 is 0 Å². The SMILES string of the molecule is c1ccc(-c2nc(-c3ccccc3)nc(-c3cc4c5ccccc5c5c(c4c4ccccc34)c3c4ccccc4ccc3n5-c3ccccc3)n2)cc1. The van der Waals surface area contributed by atoms with E-state index in [2.05, 4.69) is 150 Å². The minimum absolute atomic E-state index is 0.649. The lowest BCUT2D eigenvalue weighted by molar-refractivity contribution is 1.08. The van der Waals surface area contributed by atoms with Crippen LogP contribution in [0.4, 0.5) is 0 Å². The average Bonchev–Trinajstić information content (AvgIpc) is 3.60. The Morgan fingerprint density at radius 2 is 0.868 bits per heavy atom. The number of nitrogens with zero attached hydrogens (tertiary/aromatic N) is 4. The van der Waals surface area contributed by atoms with Gasteiger partial charge in [0.25, 0.3) is 0 Å². The molecule has 11 aromatic rings. The lowest BCUT2D eigenvalue weighted by Crippen LogP contribution is -2.01. The second-order valence-electron chi connectivity index (χ2n) is 13.6. The van der Waals surface area contributed by atoms with E-state index in [-0.39, 0.29) is 0 Å². The first-order chi connectivity index (χ1) is 26.3. The van der Waals surface area contributed by atoms with Crippen LogP contribution in [0.2, 0.25) is 0 Å². The molecule has 0 atom stereocenters. The molecule has 0 saturated carbocycles. The second kappa shape index (κ2) is 11.7. The van der Waals surface area contributed by atoms with Crippen molar-refractivity contribution in [3.63, 3.8) is 0 Å². The summed E-state index contributed by atoms with van der Waals surface area (Å²) in [4.78, 5) is 15.4. The zero-order valence-corrected chi connectivity index (χ0v) is 28.6. The Balaban J connectivity index is 1.35. The number of fused-ring (bicyclic) bond motifs is 12.